The van der Waals surface area contributed by atoms with Gasteiger partial charge in [-0.05, 0) is 49.1 Å². The smallest absolute Gasteiger partial charge is 0.255 e. The molecule has 1 amide bonds. The maximum Gasteiger partial charge on any atom is 0.255 e. The van der Waals surface area contributed by atoms with Gasteiger partial charge in [-0.2, -0.15) is 0 Å². The predicted molar refractivity (Wildman–Crippen MR) is 95.7 cm³/mol. The first-order valence-corrected chi connectivity index (χ1v) is 8.43. The fourth-order valence-corrected chi connectivity index (χ4v) is 3.09. The summed E-state index contributed by atoms with van der Waals surface area (Å²) >= 11 is 5.95. The van der Waals surface area contributed by atoms with Crippen LogP contribution < -0.4 is 10.2 Å². The van der Waals surface area contributed by atoms with E-state index < -0.39 is 0 Å². The van der Waals surface area contributed by atoms with Crippen molar-refractivity contribution in [1.29, 1.82) is 0 Å². The van der Waals surface area contributed by atoms with E-state index in [0.29, 0.717) is 22.2 Å². The van der Waals surface area contributed by atoms with Crippen molar-refractivity contribution in [2.45, 2.75) is 12.8 Å². The molecule has 24 heavy (non-hydrogen) atoms. The molecule has 0 atom stereocenters. The number of hydrogen-bond donors (Lipinski definition) is 2. The van der Waals surface area contributed by atoms with Crippen LogP contribution in [0.4, 0.5) is 11.5 Å². The molecule has 2 aromatic rings. The van der Waals surface area contributed by atoms with Gasteiger partial charge in [-0.1, -0.05) is 17.7 Å². The van der Waals surface area contributed by atoms with Gasteiger partial charge < -0.3 is 15.3 Å². The van der Waals surface area contributed by atoms with E-state index in [1.807, 2.05) is 6.07 Å². The van der Waals surface area contributed by atoms with E-state index in [0.717, 1.165) is 31.7 Å². The molecular weight excluding hydrogens is 326 g/mol. The Morgan fingerprint density at radius 3 is 2.79 bits per heavy atom. The zero-order valence-corrected chi connectivity index (χ0v) is 14.0. The third kappa shape index (κ3) is 3.86. The lowest BCUT2D eigenvalue weighted by atomic mass is 9.98. The minimum absolute atomic E-state index is 0.211. The van der Waals surface area contributed by atoms with Crippen molar-refractivity contribution in [2.75, 3.05) is 29.9 Å². The number of carbonyl (C=O) groups excluding carboxylic acids is 1. The fraction of sp³-hybridized carbons (Fsp3) is 0.333. The highest BCUT2D eigenvalue weighted by Crippen LogP contribution is 2.28. The van der Waals surface area contributed by atoms with Crippen molar-refractivity contribution in [2.24, 2.45) is 5.92 Å². The second-order valence-corrected chi connectivity index (χ2v) is 6.39. The van der Waals surface area contributed by atoms with E-state index in [1.54, 1.807) is 36.5 Å². The number of aliphatic hydroxyl groups is 1. The molecule has 1 aromatic heterocycles. The number of amides is 1. The average molecular weight is 346 g/mol. The van der Waals surface area contributed by atoms with Gasteiger partial charge in [-0.3, -0.25) is 4.79 Å². The van der Waals surface area contributed by atoms with Crippen LogP contribution >= 0.6 is 11.6 Å². The second kappa shape index (κ2) is 7.64. The Morgan fingerprint density at radius 1 is 1.29 bits per heavy atom. The zero-order chi connectivity index (χ0) is 16.9. The van der Waals surface area contributed by atoms with Crippen molar-refractivity contribution in [3.63, 3.8) is 0 Å². The molecule has 0 aliphatic carbocycles. The molecule has 2 heterocycles. The molecule has 0 unspecified atom stereocenters. The Labute approximate surface area is 146 Å². The molecular formula is C18H20ClN3O2. The summed E-state index contributed by atoms with van der Waals surface area (Å²) in [6.07, 6.45) is 3.58. The first kappa shape index (κ1) is 16.7. The summed E-state index contributed by atoms with van der Waals surface area (Å²) in [6, 6.07) is 10.5. The van der Waals surface area contributed by atoms with Crippen molar-refractivity contribution >= 4 is 29.0 Å². The largest absolute Gasteiger partial charge is 0.396 e. The summed E-state index contributed by atoms with van der Waals surface area (Å²) < 4.78 is 0. The Hall–Kier alpha value is -2.11. The summed E-state index contributed by atoms with van der Waals surface area (Å²) in [5.74, 6) is 0.913. The normalized spacial score (nSPS) is 15.3. The predicted octanol–water partition coefficient (Wildman–Crippen LogP) is 3.20. The molecule has 0 radical (unpaired) electrons. The monoisotopic (exact) mass is 345 g/mol. The van der Waals surface area contributed by atoms with Gasteiger partial charge in [-0.25, -0.2) is 4.98 Å². The maximum absolute atomic E-state index is 12.5. The van der Waals surface area contributed by atoms with Crippen LogP contribution in [0.15, 0.2) is 42.6 Å². The second-order valence-electron chi connectivity index (χ2n) is 5.95. The SMILES string of the molecule is O=C(Nc1cccnc1N1CCC(CO)CC1)c1cccc(Cl)c1. The number of hydrogen-bond acceptors (Lipinski definition) is 4. The Bertz CT molecular complexity index is 715. The number of pyridine rings is 1. The van der Waals surface area contributed by atoms with Crippen LogP contribution in [0, 0.1) is 5.92 Å². The minimum Gasteiger partial charge on any atom is -0.396 e. The van der Waals surface area contributed by atoms with Gasteiger partial charge in [0, 0.05) is 36.5 Å². The molecule has 1 aromatic carbocycles. The van der Waals surface area contributed by atoms with Gasteiger partial charge in [-0.15, -0.1) is 0 Å². The highest BCUT2D eigenvalue weighted by Gasteiger charge is 2.22. The van der Waals surface area contributed by atoms with Crippen LogP contribution in [0.5, 0.6) is 0 Å². The van der Waals surface area contributed by atoms with E-state index in [9.17, 15) is 9.90 Å². The van der Waals surface area contributed by atoms with Crippen LogP contribution in [-0.4, -0.2) is 35.7 Å². The van der Waals surface area contributed by atoms with Gasteiger partial charge in [0.15, 0.2) is 5.82 Å². The number of nitrogens with one attached hydrogen (secondary N) is 1. The van der Waals surface area contributed by atoms with Gasteiger partial charge in [0.1, 0.15) is 0 Å². The number of rotatable bonds is 4. The Kier molecular flexibility index (Phi) is 5.33. The lowest BCUT2D eigenvalue weighted by molar-refractivity contribution is 0.102. The van der Waals surface area contributed by atoms with Crippen LogP contribution in [-0.2, 0) is 0 Å². The molecule has 0 bridgehead atoms. The van der Waals surface area contributed by atoms with Crippen LogP contribution in [0.25, 0.3) is 0 Å². The third-order valence-electron chi connectivity index (χ3n) is 4.29. The number of aromatic nitrogens is 1. The number of aliphatic hydroxyl groups excluding tert-OH is 1. The molecule has 6 heteroatoms. The van der Waals surface area contributed by atoms with Gasteiger partial charge >= 0.3 is 0 Å². The first-order valence-electron chi connectivity index (χ1n) is 8.05. The van der Waals surface area contributed by atoms with E-state index >= 15 is 0 Å². The topological polar surface area (TPSA) is 65.5 Å². The molecule has 0 spiro atoms. The molecule has 2 N–H and O–H groups in total. The van der Waals surface area contributed by atoms with Gasteiger partial charge in [0.25, 0.3) is 5.91 Å². The van der Waals surface area contributed by atoms with E-state index in [2.05, 4.69) is 15.2 Å². The van der Waals surface area contributed by atoms with Crippen molar-refractivity contribution in [3.8, 4) is 0 Å². The molecule has 1 aliphatic rings. The summed E-state index contributed by atoms with van der Waals surface area (Å²) in [6.45, 7) is 1.87. The number of piperidine rings is 1. The number of halogens is 1. The average Bonchev–Trinajstić information content (AvgIpc) is 2.62. The molecule has 1 saturated heterocycles. The summed E-state index contributed by atoms with van der Waals surface area (Å²) in [7, 11) is 0. The number of carbonyl (C=O) groups is 1. The van der Waals surface area contributed by atoms with Crippen molar-refractivity contribution in [3.05, 3.63) is 53.2 Å². The number of benzene rings is 1. The fourth-order valence-electron chi connectivity index (χ4n) is 2.90. The molecule has 126 valence electrons. The Balaban J connectivity index is 1.76. The standard InChI is InChI=1S/C18H20ClN3O2/c19-15-4-1-3-14(11-15)18(24)21-16-5-2-8-20-17(16)22-9-6-13(12-23)7-10-22/h1-5,8,11,13,23H,6-7,9-10,12H2,(H,21,24). The van der Waals surface area contributed by atoms with Crippen molar-refractivity contribution < 1.29 is 9.90 Å². The first-order chi connectivity index (χ1) is 11.7. The zero-order valence-electron chi connectivity index (χ0n) is 13.3. The summed E-state index contributed by atoms with van der Waals surface area (Å²) in [5, 5.41) is 12.7. The number of anilines is 2. The van der Waals surface area contributed by atoms with Gasteiger partial charge in [0.2, 0.25) is 0 Å². The highest BCUT2D eigenvalue weighted by atomic mass is 35.5. The summed E-state index contributed by atoms with van der Waals surface area (Å²) in [5.41, 5.74) is 1.20. The number of nitrogens with zero attached hydrogens (tertiary/aromatic N) is 2. The third-order valence-corrected chi connectivity index (χ3v) is 4.53. The minimum atomic E-state index is -0.211. The van der Waals surface area contributed by atoms with Crippen LogP contribution in [0.1, 0.15) is 23.2 Å². The molecule has 0 saturated carbocycles. The van der Waals surface area contributed by atoms with Crippen LogP contribution in [0.2, 0.25) is 5.02 Å². The van der Waals surface area contributed by atoms with Crippen LogP contribution in [0.3, 0.4) is 0 Å². The lowest BCUT2D eigenvalue weighted by Crippen LogP contribution is -2.35. The van der Waals surface area contributed by atoms with E-state index in [1.165, 1.54) is 0 Å². The molecule has 5 nitrogen and oxygen atoms in total. The van der Waals surface area contributed by atoms with Gasteiger partial charge in [0.05, 0.1) is 5.69 Å². The summed E-state index contributed by atoms with van der Waals surface area (Å²) in [4.78, 5) is 19.0. The molecule has 1 aliphatic heterocycles. The van der Waals surface area contributed by atoms with E-state index in [4.69, 9.17) is 11.6 Å². The Morgan fingerprint density at radius 2 is 2.08 bits per heavy atom. The van der Waals surface area contributed by atoms with Crippen molar-refractivity contribution in [1.82, 2.24) is 4.98 Å². The highest BCUT2D eigenvalue weighted by molar-refractivity contribution is 6.31. The maximum atomic E-state index is 12.5. The molecule has 3 rings (SSSR count). The van der Waals surface area contributed by atoms with E-state index in [-0.39, 0.29) is 12.5 Å². The lowest BCUT2D eigenvalue weighted by Gasteiger charge is -2.33. The molecule has 1 fully saturated rings. The quantitative estimate of drug-likeness (QED) is 0.893.